The molecule has 0 bridgehead atoms. The molecule has 13 heavy (non-hydrogen) atoms. The molecule has 0 amide bonds. The summed E-state index contributed by atoms with van der Waals surface area (Å²) in [7, 11) is 0. The first kappa shape index (κ1) is 11.4. The molecule has 1 rings (SSSR count). The topological polar surface area (TPSA) is 3.24 Å². The molecular weight excluding hydrogens is 178 g/mol. The van der Waals surface area contributed by atoms with Crippen LogP contribution < -0.4 is 0 Å². The summed E-state index contributed by atoms with van der Waals surface area (Å²) < 4.78 is 0. The molecule has 0 atom stereocenters. The maximum Gasteiger partial charge on any atom is 0.00951 e. The summed E-state index contributed by atoms with van der Waals surface area (Å²) in [5.74, 6) is 1.04. The fourth-order valence-electron chi connectivity index (χ4n) is 2.29. The Hall–Kier alpha value is 0.310. The summed E-state index contributed by atoms with van der Waals surface area (Å²) in [5.41, 5.74) is 0. The van der Waals surface area contributed by atoms with E-state index in [9.17, 15) is 0 Å². The van der Waals surface area contributed by atoms with Gasteiger partial charge in [0, 0.05) is 6.04 Å². The van der Waals surface area contributed by atoms with Crippen molar-refractivity contribution in [3.05, 3.63) is 0 Å². The second-order valence-corrected chi connectivity index (χ2v) is 4.44. The highest BCUT2D eigenvalue weighted by atomic mass is 32.1. The summed E-state index contributed by atoms with van der Waals surface area (Å²) in [4.78, 5) is 2.66. The van der Waals surface area contributed by atoms with E-state index in [-0.39, 0.29) is 0 Å². The minimum atomic E-state index is 0.907. The summed E-state index contributed by atoms with van der Waals surface area (Å²) in [6.07, 6.45) is 8.38. The van der Waals surface area contributed by atoms with E-state index in [1.165, 1.54) is 51.6 Å². The molecule has 0 aromatic carbocycles. The maximum absolute atomic E-state index is 4.24. The zero-order chi connectivity index (χ0) is 9.52. The van der Waals surface area contributed by atoms with Crippen molar-refractivity contribution >= 4 is 12.6 Å². The second-order valence-electron chi connectivity index (χ2n) is 4.00. The van der Waals surface area contributed by atoms with Gasteiger partial charge in [-0.3, -0.25) is 0 Å². The zero-order valence-corrected chi connectivity index (χ0v) is 9.73. The number of nitrogens with zero attached hydrogens (tertiary/aromatic N) is 1. The number of rotatable bonds is 6. The molecule has 78 valence electrons. The van der Waals surface area contributed by atoms with Crippen molar-refractivity contribution in [3.63, 3.8) is 0 Å². The lowest BCUT2D eigenvalue weighted by Crippen LogP contribution is -2.33. The van der Waals surface area contributed by atoms with Crippen LogP contribution in [0.5, 0.6) is 0 Å². The Morgan fingerprint density at radius 2 is 1.92 bits per heavy atom. The van der Waals surface area contributed by atoms with Crippen LogP contribution in [0.15, 0.2) is 0 Å². The third-order valence-corrected chi connectivity index (χ3v) is 3.42. The standard InChI is InChI=1S/C11H23NS/c1-2-12(9-5-6-10-13)11-7-3-4-8-11/h11,13H,2-10H2,1H3. The maximum atomic E-state index is 4.24. The Bertz CT molecular complexity index is 121. The van der Waals surface area contributed by atoms with Crippen LogP contribution in [0.25, 0.3) is 0 Å². The van der Waals surface area contributed by atoms with Crippen LogP contribution >= 0.6 is 12.6 Å². The third kappa shape index (κ3) is 3.90. The van der Waals surface area contributed by atoms with Gasteiger partial charge in [0.1, 0.15) is 0 Å². The normalized spacial score (nSPS) is 18.7. The van der Waals surface area contributed by atoms with Crippen LogP contribution in [0.3, 0.4) is 0 Å². The van der Waals surface area contributed by atoms with Crippen molar-refractivity contribution in [3.8, 4) is 0 Å². The average molecular weight is 201 g/mol. The summed E-state index contributed by atoms with van der Waals surface area (Å²) in [6.45, 7) is 4.82. The van der Waals surface area contributed by atoms with Gasteiger partial charge in [0.25, 0.3) is 0 Å². The fraction of sp³-hybridized carbons (Fsp3) is 1.00. The SMILES string of the molecule is CCN(CCCCS)C1CCCC1. The second kappa shape index (κ2) is 6.72. The van der Waals surface area contributed by atoms with Crippen molar-refractivity contribution < 1.29 is 0 Å². The van der Waals surface area contributed by atoms with Crippen molar-refractivity contribution in [2.75, 3.05) is 18.8 Å². The molecule has 1 fully saturated rings. The molecule has 0 aliphatic heterocycles. The predicted molar refractivity (Wildman–Crippen MR) is 62.6 cm³/mol. The summed E-state index contributed by atoms with van der Waals surface area (Å²) >= 11 is 4.24. The van der Waals surface area contributed by atoms with Crippen LogP contribution in [0.1, 0.15) is 45.4 Å². The lowest BCUT2D eigenvalue weighted by Gasteiger charge is -2.27. The summed E-state index contributed by atoms with van der Waals surface area (Å²) in [5, 5.41) is 0. The van der Waals surface area contributed by atoms with Gasteiger partial charge in [-0.05, 0) is 44.5 Å². The molecule has 0 unspecified atom stereocenters. The van der Waals surface area contributed by atoms with Gasteiger partial charge in [0.2, 0.25) is 0 Å². The Labute approximate surface area is 88.3 Å². The highest BCUT2D eigenvalue weighted by Gasteiger charge is 2.20. The van der Waals surface area contributed by atoms with Crippen molar-refractivity contribution in [2.24, 2.45) is 0 Å². The number of thiol groups is 1. The molecule has 0 spiro atoms. The van der Waals surface area contributed by atoms with Crippen LogP contribution in [0, 0.1) is 0 Å². The van der Waals surface area contributed by atoms with Crippen molar-refractivity contribution in [2.45, 2.75) is 51.5 Å². The van der Waals surface area contributed by atoms with Gasteiger partial charge in [-0.25, -0.2) is 0 Å². The molecule has 0 aromatic rings. The molecule has 0 aromatic heterocycles. The number of unbranched alkanes of at least 4 members (excludes halogenated alkanes) is 1. The fourth-order valence-corrected chi connectivity index (χ4v) is 2.52. The van der Waals surface area contributed by atoms with Gasteiger partial charge in [-0.2, -0.15) is 12.6 Å². The molecule has 1 saturated carbocycles. The van der Waals surface area contributed by atoms with E-state index in [0.717, 1.165) is 11.8 Å². The third-order valence-electron chi connectivity index (χ3n) is 3.10. The Morgan fingerprint density at radius 1 is 1.23 bits per heavy atom. The van der Waals surface area contributed by atoms with Gasteiger partial charge >= 0.3 is 0 Å². The smallest absolute Gasteiger partial charge is 0.00951 e. The van der Waals surface area contributed by atoms with E-state index in [1.807, 2.05) is 0 Å². The molecule has 0 radical (unpaired) electrons. The van der Waals surface area contributed by atoms with E-state index in [2.05, 4.69) is 24.5 Å². The Morgan fingerprint density at radius 3 is 2.46 bits per heavy atom. The lowest BCUT2D eigenvalue weighted by molar-refractivity contribution is 0.206. The summed E-state index contributed by atoms with van der Waals surface area (Å²) in [6, 6.07) is 0.907. The first-order valence-corrected chi connectivity index (χ1v) is 6.36. The van der Waals surface area contributed by atoms with Gasteiger partial charge in [-0.1, -0.05) is 19.8 Å². The molecule has 2 heteroatoms. The quantitative estimate of drug-likeness (QED) is 0.511. The number of hydrogen-bond acceptors (Lipinski definition) is 2. The van der Waals surface area contributed by atoms with Crippen LogP contribution in [-0.2, 0) is 0 Å². The van der Waals surface area contributed by atoms with E-state index >= 15 is 0 Å². The van der Waals surface area contributed by atoms with Crippen LogP contribution in [0.4, 0.5) is 0 Å². The minimum absolute atomic E-state index is 0.907. The van der Waals surface area contributed by atoms with E-state index < -0.39 is 0 Å². The molecule has 0 heterocycles. The van der Waals surface area contributed by atoms with Gasteiger partial charge < -0.3 is 4.90 Å². The molecule has 1 nitrogen and oxygen atoms in total. The molecule has 0 N–H and O–H groups in total. The molecule has 0 saturated heterocycles. The monoisotopic (exact) mass is 201 g/mol. The zero-order valence-electron chi connectivity index (χ0n) is 8.84. The molecule has 1 aliphatic rings. The van der Waals surface area contributed by atoms with E-state index in [0.29, 0.717) is 0 Å². The minimum Gasteiger partial charge on any atom is -0.301 e. The highest BCUT2D eigenvalue weighted by molar-refractivity contribution is 7.80. The first-order chi connectivity index (χ1) is 6.38. The average Bonchev–Trinajstić information content (AvgIpc) is 2.65. The van der Waals surface area contributed by atoms with Gasteiger partial charge in [0.15, 0.2) is 0 Å². The van der Waals surface area contributed by atoms with E-state index in [1.54, 1.807) is 0 Å². The highest BCUT2D eigenvalue weighted by Crippen LogP contribution is 2.23. The molecular formula is C11H23NS. The Kier molecular flexibility index (Phi) is 5.88. The lowest BCUT2D eigenvalue weighted by atomic mass is 10.2. The first-order valence-electron chi connectivity index (χ1n) is 5.73. The van der Waals surface area contributed by atoms with Crippen molar-refractivity contribution in [1.29, 1.82) is 0 Å². The van der Waals surface area contributed by atoms with E-state index in [4.69, 9.17) is 0 Å². The largest absolute Gasteiger partial charge is 0.301 e. The van der Waals surface area contributed by atoms with Crippen LogP contribution in [0.2, 0.25) is 0 Å². The Balaban J connectivity index is 2.16. The molecule has 1 aliphatic carbocycles. The predicted octanol–water partition coefficient (Wildman–Crippen LogP) is 2.96. The van der Waals surface area contributed by atoms with Gasteiger partial charge in [-0.15, -0.1) is 0 Å². The van der Waals surface area contributed by atoms with Crippen molar-refractivity contribution in [1.82, 2.24) is 4.90 Å². The van der Waals surface area contributed by atoms with Gasteiger partial charge in [0.05, 0.1) is 0 Å². The number of hydrogen-bond donors (Lipinski definition) is 1. The van der Waals surface area contributed by atoms with Crippen LogP contribution in [-0.4, -0.2) is 29.8 Å².